The summed E-state index contributed by atoms with van der Waals surface area (Å²) >= 11 is 0. The van der Waals surface area contributed by atoms with Crippen molar-refractivity contribution in [1.82, 2.24) is 0 Å². The molecule has 3 aromatic carbocycles. The molecule has 3 aromatic rings. The average Bonchev–Trinajstić information content (AvgIpc) is 2.36. The Morgan fingerprint density at radius 3 is 2.67 bits per heavy atom. The van der Waals surface area contributed by atoms with Crippen LogP contribution in [-0.2, 0) is 6.42 Å². The molecule has 0 amide bonds. The lowest BCUT2D eigenvalue weighted by atomic mass is 9.85. The van der Waals surface area contributed by atoms with E-state index in [4.69, 9.17) is 0 Å². The number of hydrogen-bond donors (Lipinski definition) is 1. The number of Topliss-reactive ketones (excluding diaryl/α,β-unsaturated/α-hetero) is 1. The summed E-state index contributed by atoms with van der Waals surface area (Å²) in [7, 11) is 0. The van der Waals surface area contributed by atoms with Gasteiger partial charge in [-0.2, -0.15) is 0 Å². The zero-order valence-electron chi connectivity index (χ0n) is 9.60. The highest BCUT2D eigenvalue weighted by atomic mass is 16.3. The predicted molar refractivity (Wildman–Crippen MR) is 71.2 cm³/mol. The standard InChI is InChI=1S/C16H10O2/c17-12-6-10-5-4-9-2-1-3-13-14(18)8-11(7-12)15(10)16(9)13/h1-7,17H,8H2. The van der Waals surface area contributed by atoms with Crippen molar-refractivity contribution in [2.75, 3.05) is 0 Å². The van der Waals surface area contributed by atoms with E-state index in [1.54, 1.807) is 12.1 Å². The van der Waals surface area contributed by atoms with E-state index in [1.165, 1.54) is 0 Å². The summed E-state index contributed by atoms with van der Waals surface area (Å²) in [6.07, 6.45) is 0.376. The molecule has 18 heavy (non-hydrogen) atoms. The molecule has 0 fully saturated rings. The molecule has 0 heterocycles. The van der Waals surface area contributed by atoms with Crippen LogP contribution in [0.2, 0.25) is 0 Å². The van der Waals surface area contributed by atoms with Crippen molar-refractivity contribution in [3.8, 4) is 5.75 Å². The highest BCUT2D eigenvalue weighted by molar-refractivity contribution is 6.23. The Hall–Kier alpha value is -2.35. The van der Waals surface area contributed by atoms with Crippen molar-refractivity contribution < 1.29 is 9.90 Å². The van der Waals surface area contributed by atoms with E-state index in [1.807, 2.05) is 30.3 Å². The van der Waals surface area contributed by atoms with Gasteiger partial charge in [0.15, 0.2) is 5.78 Å². The highest BCUT2D eigenvalue weighted by Gasteiger charge is 2.21. The molecule has 0 aromatic heterocycles. The summed E-state index contributed by atoms with van der Waals surface area (Å²) in [5, 5.41) is 13.9. The quantitative estimate of drug-likeness (QED) is 0.605. The Kier molecular flexibility index (Phi) is 1.67. The number of aromatic hydroxyl groups is 1. The van der Waals surface area contributed by atoms with Crippen LogP contribution in [0.25, 0.3) is 21.5 Å². The van der Waals surface area contributed by atoms with Gasteiger partial charge in [0, 0.05) is 17.4 Å². The Labute approximate surface area is 103 Å². The predicted octanol–water partition coefficient (Wildman–Crippen LogP) is 3.44. The molecule has 2 heteroatoms. The zero-order valence-corrected chi connectivity index (χ0v) is 9.60. The Morgan fingerprint density at radius 2 is 1.78 bits per heavy atom. The lowest BCUT2D eigenvalue weighted by Crippen LogP contribution is -2.09. The van der Waals surface area contributed by atoms with Gasteiger partial charge >= 0.3 is 0 Å². The van der Waals surface area contributed by atoms with E-state index in [2.05, 4.69) is 0 Å². The van der Waals surface area contributed by atoms with Crippen LogP contribution in [0.4, 0.5) is 0 Å². The largest absolute Gasteiger partial charge is 0.508 e. The first-order valence-corrected chi connectivity index (χ1v) is 5.94. The molecular formula is C16H10O2. The SMILES string of the molecule is O=C1Cc2cc(O)cc3ccc4cccc1c4c23. The van der Waals surface area contributed by atoms with E-state index >= 15 is 0 Å². The summed E-state index contributed by atoms with van der Waals surface area (Å²) in [5.41, 5.74) is 1.73. The van der Waals surface area contributed by atoms with Crippen LogP contribution >= 0.6 is 0 Å². The second kappa shape index (κ2) is 3.10. The van der Waals surface area contributed by atoms with Gasteiger partial charge in [0.1, 0.15) is 5.75 Å². The number of phenols is 1. The molecule has 0 aliphatic heterocycles. The van der Waals surface area contributed by atoms with Crippen LogP contribution in [0.5, 0.6) is 5.75 Å². The summed E-state index contributed by atoms with van der Waals surface area (Å²) in [4.78, 5) is 12.1. The molecule has 0 atom stereocenters. The normalized spacial score (nSPS) is 13.7. The van der Waals surface area contributed by atoms with E-state index < -0.39 is 0 Å². The third-order valence-electron chi connectivity index (χ3n) is 3.68. The fraction of sp³-hybridized carbons (Fsp3) is 0.0625. The minimum atomic E-state index is 0.131. The van der Waals surface area contributed by atoms with Gasteiger partial charge in [-0.25, -0.2) is 0 Å². The second-order valence-electron chi connectivity index (χ2n) is 4.77. The Bertz CT molecular complexity index is 831. The smallest absolute Gasteiger partial charge is 0.167 e. The lowest BCUT2D eigenvalue weighted by molar-refractivity contribution is 0.0994. The number of carbonyl (C=O) groups excluding carboxylic acids is 1. The second-order valence-corrected chi connectivity index (χ2v) is 4.77. The number of rotatable bonds is 0. The highest BCUT2D eigenvalue weighted by Crippen LogP contribution is 2.37. The van der Waals surface area contributed by atoms with Gasteiger partial charge in [-0.15, -0.1) is 0 Å². The van der Waals surface area contributed by atoms with Crippen LogP contribution in [0.3, 0.4) is 0 Å². The fourth-order valence-corrected chi connectivity index (χ4v) is 2.95. The average molecular weight is 234 g/mol. The first-order chi connectivity index (χ1) is 8.74. The van der Waals surface area contributed by atoms with Crippen LogP contribution < -0.4 is 0 Å². The fourth-order valence-electron chi connectivity index (χ4n) is 2.95. The summed E-state index contributed by atoms with van der Waals surface area (Å²) in [6, 6.07) is 13.3. The van der Waals surface area contributed by atoms with Crippen LogP contribution in [0, 0.1) is 0 Å². The summed E-state index contributed by atoms with van der Waals surface area (Å²) in [6.45, 7) is 0. The van der Waals surface area contributed by atoms with Crippen molar-refractivity contribution in [2.24, 2.45) is 0 Å². The van der Waals surface area contributed by atoms with Crippen LogP contribution in [0.1, 0.15) is 15.9 Å². The van der Waals surface area contributed by atoms with Gasteiger partial charge in [0.25, 0.3) is 0 Å². The molecule has 0 spiro atoms. The van der Waals surface area contributed by atoms with Crippen molar-refractivity contribution in [3.63, 3.8) is 0 Å². The van der Waals surface area contributed by atoms with E-state index in [0.717, 1.165) is 32.7 Å². The van der Waals surface area contributed by atoms with Gasteiger partial charge in [0.2, 0.25) is 0 Å². The van der Waals surface area contributed by atoms with E-state index in [0.29, 0.717) is 6.42 Å². The van der Waals surface area contributed by atoms with Crippen molar-refractivity contribution in [1.29, 1.82) is 0 Å². The molecule has 1 aliphatic rings. The molecule has 0 bridgehead atoms. The van der Waals surface area contributed by atoms with Crippen molar-refractivity contribution in [3.05, 3.63) is 53.6 Å². The van der Waals surface area contributed by atoms with Crippen molar-refractivity contribution in [2.45, 2.75) is 6.42 Å². The minimum Gasteiger partial charge on any atom is -0.508 e. The number of ketones is 1. The van der Waals surface area contributed by atoms with Gasteiger partial charge in [-0.3, -0.25) is 4.79 Å². The summed E-state index contributed by atoms with van der Waals surface area (Å²) in [5.74, 6) is 0.357. The maximum atomic E-state index is 12.1. The van der Waals surface area contributed by atoms with Gasteiger partial charge in [-0.05, 0) is 33.9 Å². The minimum absolute atomic E-state index is 0.131. The van der Waals surface area contributed by atoms with Gasteiger partial charge in [-0.1, -0.05) is 30.3 Å². The molecule has 1 aliphatic carbocycles. The molecule has 1 N–H and O–H groups in total. The number of carbonyl (C=O) groups is 1. The van der Waals surface area contributed by atoms with E-state index in [9.17, 15) is 9.90 Å². The number of phenolic OH excluding ortho intramolecular Hbond substituents is 1. The van der Waals surface area contributed by atoms with E-state index in [-0.39, 0.29) is 11.5 Å². The molecule has 0 saturated carbocycles. The summed E-state index contributed by atoms with van der Waals surface area (Å²) < 4.78 is 0. The third-order valence-corrected chi connectivity index (χ3v) is 3.68. The van der Waals surface area contributed by atoms with Gasteiger partial charge < -0.3 is 5.11 Å². The van der Waals surface area contributed by atoms with Crippen molar-refractivity contribution >= 4 is 27.3 Å². The first kappa shape index (κ1) is 9.66. The number of hydrogen-bond acceptors (Lipinski definition) is 2. The third kappa shape index (κ3) is 1.10. The maximum Gasteiger partial charge on any atom is 0.167 e. The Morgan fingerprint density at radius 1 is 0.944 bits per heavy atom. The Balaban J connectivity index is 2.38. The zero-order chi connectivity index (χ0) is 12.3. The molecular weight excluding hydrogens is 224 g/mol. The molecule has 0 saturated heterocycles. The molecule has 0 unspecified atom stereocenters. The lowest BCUT2D eigenvalue weighted by Gasteiger charge is -2.17. The van der Waals surface area contributed by atoms with Gasteiger partial charge in [0.05, 0.1) is 0 Å². The maximum absolute atomic E-state index is 12.1. The molecule has 86 valence electrons. The molecule has 2 nitrogen and oxygen atoms in total. The molecule has 0 radical (unpaired) electrons. The first-order valence-electron chi connectivity index (χ1n) is 5.94. The number of benzene rings is 3. The van der Waals surface area contributed by atoms with Crippen LogP contribution in [0.15, 0.2) is 42.5 Å². The molecule has 4 rings (SSSR count). The van der Waals surface area contributed by atoms with Crippen LogP contribution in [-0.4, -0.2) is 10.9 Å². The topological polar surface area (TPSA) is 37.3 Å². The monoisotopic (exact) mass is 234 g/mol.